The lowest BCUT2D eigenvalue weighted by atomic mass is 10.00. The van der Waals surface area contributed by atoms with Crippen molar-refractivity contribution in [3.05, 3.63) is 29.5 Å². The molecule has 1 atom stereocenters. The number of carboxylic acid groups (broad SMARTS) is 1. The van der Waals surface area contributed by atoms with Gasteiger partial charge in [-0.1, -0.05) is 13.0 Å². The van der Waals surface area contributed by atoms with E-state index in [0.717, 1.165) is 22.9 Å². The van der Waals surface area contributed by atoms with Crippen LogP contribution in [0.1, 0.15) is 24.5 Å². The molecule has 1 unspecified atom stereocenters. The summed E-state index contributed by atoms with van der Waals surface area (Å²) in [5.74, 6) is -0.949. The highest BCUT2D eigenvalue weighted by atomic mass is 16.4. The van der Waals surface area contributed by atoms with E-state index in [2.05, 4.69) is 23.2 Å². The normalized spacial score (nSPS) is 12.8. The number of hydrogen-bond acceptors (Lipinski definition) is 3. The lowest BCUT2D eigenvalue weighted by Gasteiger charge is -2.08. The monoisotopic (exact) mass is 247 g/mol. The van der Waals surface area contributed by atoms with E-state index in [4.69, 9.17) is 10.8 Å². The molecule has 0 saturated heterocycles. The van der Waals surface area contributed by atoms with Crippen LogP contribution in [0.2, 0.25) is 0 Å². The van der Waals surface area contributed by atoms with Crippen molar-refractivity contribution in [1.29, 1.82) is 0 Å². The average molecular weight is 247 g/mol. The SMILES string of the molecule is CCc1cc(CCC(N)C(=O)O)cc2cn[nH]c12. The largest absolute Gasteiger partial charge is 0.480 e. The highest BCUT2D eigenvalue weighted by molar-refractivity contribution is 5.82. The van der Waals surface area contributed by atoms with Crippen molar-refractivity contribution < 1.29 is 9.90 Å². The van der Waals surface area contributed by atoms with Crippen LogP contribution in [0.4, 0.5) is 0 Å². The quantitative estimate of drug-likeness (QED) is 0.746. The van der Waals surface area contributed by atoms with Crippen LogP contribution in [0.25, 0.3) is 10.9 Å². The number of fused-ring (bicyclic) bond motifs is 1. The first-order chi connectivity index (χ1) is 8.61. The molecule has 18 heavy (non-hydrogen) atoms. The van der Waals surface area contributed by atoms with Crippen molar-refractivity contribution in [2.75, 3.05) is 0 Å². The van der Waals surface area contributed by atoms with E-state index in [9.17, 15) is 4.79 Å². The third kappa shape index (κ3) is 2.51. The summed E-state index contributed by atoms with van der Waals surface area (Å²) in [6.45, 7) is 2.09. The van der Waals surface area contributed by atoms with Gasteiger partial charge in [0, 0.05) is 5.39 Å². The molecule has 2 rings (SSSR count). The number of H-pyrrole nitrogens is 1. The number of hydrogen-bond donors (Lipinski definition) is 3. The lowest BCUT2D eigenvalue weighted by Crippen LogP contribution is -2.30. The Labute approximate surface area is 105 Å². The molecule has 0 radical (unpaired) electrons. The van der Waals surface area contributed by atoms with E-state index >= 15 is 0 Å². The van der Waals surface area contributed by atoms with Crippen molar-refractivity contribution in [2.45, 2.75) is 32.2 Å². The van der Waals surface area contributed by atoms with Crippen molar-refractivity contribution in [2.24, 2.45) is 5.73 Å². The number of carboxylic acids is 1. The van der Waals surface area contributed by atoms with Crippen LogP contribution in [-0.2, 0) is 17.6 Å². The van der Waals surface area contributed by atoms with Crippen LogP contribution in [-0.4, -0.2) is 27.3 Å². The smallest absolute Gasteiger partial charge is 0.320 e. The topological polar surface area (TPSA) is 92.0 Å². The van der Waals surface area contributed by atoms with E-state index in [-0.39, 0.29) is 0 Å². The third-order valence-electron chi connectivity index (χ3n) is 3.13. The molecule has 5 nitrogen and oxygen atoms in total. The number of carbonyl (C=O) groups is 1. The second-order valence-electron chi connectivity index (χ2n) is 4.43. The number of aryl methyl sites for hydroxylation is 2. The number of aromatic nitrogens is 2. The first-order valence-electron chi connectivity index (χ1n) is 6.05. The van der Waals surface area contributed by atoms with Crippen molar-refractivity contribution in [1.82, 2.24) is 10.2 Å². The highest BCUT2D eigenvalue weighted by Crippen LogP contribution is 2.20. The molecule has 1 heterocycles. The second-order valence-corrected chi connectivity index (χ2v) is 4.43. The van der Waals surface area contributed by atoms with Gasteiger partial charge in [0.05, 0.1) is 11.7 Å². The van der Waals surface area contributed by atoms with E-state index in [1.54, 1.807) is 6.20 Å². The molecule has 1 aromatic heterocycles. The molecule has 0 spiro atoms. The molecule has 1 aromatic carbocycles. The summed E-state index contributed by atoms with van der Waals surface area (Å²) in [5.41, 5.74) is 8.88. The summed E-state index contributed by atoms with van der Waals surface area (Å²) in [6.07, 6.45) is 3.82. The first kappa shape index (κ1) is 12.6. The number of nitrogens with zero attached hydrogens (tertiary/aromatic N) is 1. The Kier molecular flexibility index (Phi) is 3.62. The summed E-state index contributed by atoms with van der Waals surface area (Å²) in [4.78, 5) is 10.7. The molecule has 0 saturated carbocycles. The van der Waals surface area contributed by atoms with E-state index in [1.165, 1.54) is 5.56 Å². The predicted octanol–water partition coefficient (Wildman–Crippen LogP) is 1.47. The number of aromatic amines is 1. The van der Waals surface area contributed by atoms with Gasteiger partial charge in [-0.15, -0.1) is 0 Å². The molecule has 0 amide bonds. The van der Waals surface area contributed by atoms with Crippen molar-refractivity contribution in [3.63, 3.8) is 0 Å². The zero-order valence-electron chi connectivity index (χ0n) is 10.3. The van der Waals surface area contributed by atoms with Crippen LogP contribution in [0.5, 0.6) is 0 Å². The van der Waals surface area contributed by atoms with E-state index < -0.39 is 12.0 Å². The minimum atomic E-state index is -0.949. The van der Waals surface area contributed by atoms with Gasteiger partial charge in [-0.05, 0) is 36.5 Å². The van der Waals surface area contributed by atoms with Gasteiger partial charge in [-0.25, -0.2) is 0 Å². The van der Waals surface area contributed by atoms with E-state index in [1.807, 2.05) is 6.07 Å². The minimum absolute atomic E-state index is 0.446. The molecule has 5 heteroatoms. The molecule has 0 bridgehead atoms. The van der Waals surface area contributed by atoms with Gasteiger partial charge in [0.1, 0.15) is 6.04 Å². The summed E-state index contributed by atoms with van der Waals surface area (Å²) in [6, 6.07) is 3.33. The second kappa shape index (κ2) is 5.18. The Bertz CT molecular complexity index is 562. The third-order valence-corrected chi connectivity index (χ3v) is 3.13. The van der Waals surface area contributed by atoms with Gasteiger partial charge in [0.15, 0.2) is 0 Å². The maximum Gasteiger partial charge on any atom is 0.320 e. The zero-order chi connectivity index (χ0) is 13.1. The number of rotatable bonds is 5. The molecule has 0 aliphatic carbocycles. The van der Waals surface area contributed by atoms with Crippen LogP contribution in [0.3, 0.4) is 0 Å². The summed E-state index contributed by atoms with van der Waals surface area (Å²) in [7, 11) is 0. The first-order valence-corrected chi connectivity index (χ1v) is 6.05. The number of aliphatic carboxylic acids is 1. The van der Waals surface area contributed by atoms with Gasteiger partial charge in [-0.3, -0.25) is 9.89 Å². The van der Waals surface area contributed by atoms with Gasteiger partial charge in [0.2, 0.25) is 0 Å². The Hall–Kier alpha value is -1.88. The molecular formula is C13H17N3O2. The number of benzene rings is 1. The summed E-state index contributed by atoms with van der Waals surface area (Å²) in [5, 5.41) is 16.8. The molecule has 0 aliphatic heterocycles. The molecular weight excluding hydrogens is 230 g/mol. The molecule has 4 N–H and O–H groups in total. The van der Waals surface area contributed by atoms with E-state index in [0.29, 0.717) is 12.8 Å². The predicted molar refractivity (Wildman–Crippen MR) is 69.4 cm³/mol. The van der Waals surface area contributed by atoms with Crippen LogP contribution in [0, 0.1) is 0 Å². The van der Waals surface area contributed by atoms with Gasteiger partial charge in [-0.2, -0.15) is 5.10 Å². The van der Waals surface area contributed by atoms with Gasteiger partial charge < -0.3 is 10.8 Å². The fourth-order valence-electron chi connectivity index (χ4n) is 2.07. The zero-order valence-corrected chi connectivity index (χ0v) is 10.3. The number of nitrogens with one attached hydrogen (secondary N) is 1. The molecule has 96 valence electrons. The number of nitrogens with two attached hydrogens (primary N) is 1. The standard InChI is InChI=1S/C13H17N3O2/c1-2-9-5-8(3-4-11(14)13(17)18)6-10-7-15-16-12(9)10/h5-7,11H,2-4,14H2,1H3,(H,15,16)(H,17,18). The van der Waals surface area contributed by atoms with Crippen LogP contribution in [0.15, 0.2) is 18.3 Å². The van der Waals surface area contributed by atoms with Crippen molar-refractivity contribution in [3.8, 4) is 0 Å². The highest BCUT2D eigenvalue weighted by Gasteiger charge is 2.12. The lowest BCUT2D eigenvalue weighted by molar-refractivity contribution is -0.138. The Balaban J connectivity index is 2.20. The minimum Gasteiger partial charge on any atom is -0.480 e. The van der Waals surface area contributed by atoms with Gasteiger partial charge >= 0.3 is 5.97 Å². The molecule has 0 fully saturated rings. The Morgan fingerprint density at radius 2 is 2.33 bits per heavy atom. The van der Waals surface area contributed by atoms with Crippen LogP contribution < -0.4 is 5.73 Å². The molecule has 2 aromatic rings. The molecule has 0 aliphatic rings. The Morgan fingerprint density at radius 1 is 1.56 bits per heavy atom. The summed E-state index contributed by atoms with van der Waals surface area (Å²) >= 11 is 0. The van der Waals surface area contributed by atoms with Gasteiger partial charge in [0.25, 0.3) is 0 Å². The maximum absolute atomic E-state index is 10.7. The Morgan fingerprint density at radius 3 is 3.00 bits per heavy atom. The fourth-order valence-corrected chi connectivity index (χ4v) is 2.07. The van der Waals surface area contributed by atoms with Crippen LogP contribution >= 0.6 is 0 Å². The van der Waals surface area contributed by atoms with Crippen molar-refractivity contribution >= 4 is 16.9 Å². The average Bonchev–Trinajstić information content (AvgIpc) is 2.82. The summed E-state index contributed by atoms with van der Waals surface area (Å²) < 4.78 is 0. The fraction of sp³-hybridized carbons (Fsp3) is 0.385. The maximum atomic E-state index is 10.7.